The Kier molecular flexibility index (Phi) is 3.98. The Morgan fingerprint density at radius 2 is 2.04 bits per heavy atom. The molecule has 0 bridgehead atoms. The van der Waals surface area contributed by atoms with Crippen molar-refractivity contribution in [2.24, 2.45) is 0 Å². The van der Waals surface area contributed by atoms with E-state index in [4.69, 9.17) is 4.74 Å². The summed E-state index contributed by atoms with van der Waals surface area (Å²) in [5, 5.41) is 3.30. The third-order valence-corrected chi connectivity index (χ3v) is 5.52. The number of thiazole rings is 1. The molecule has 2 heterocycles. The lowest BCUT2D eigenvalue weighted by Crippen LogP contribution is -2.18. The number of methoxy groups -OCH3 is 1. The molecular formula is C18H19N3O2S. The van der Waals surface area contributed by atoms with Crippen molar-refractivity contribution >= 4 is 22.0 Å². The first-order chi connectivity index (χ1) is 11.7. The van der Waals surface area contributed by atoms with Gasteiger partial charge in [-0.05, 0) is 49.9 Å². The number of nitrogens with one attached hydrogen (secondary N) is 1. The molecule has 2 aromatic heterocycles. The van der Waals surface area contributed by atoms with Crippen LogP contribution in [0.2, 0.25) is 0 Å². The Bertz CT molecular complexity index is 928. The van der Waals surface area contributed by atoms with E-state index < -0.39 is 0 Å². The molecule has 1 aliphatic carbocycles. The molecule has 0 amide bonds. The van der Waals surface area contributed by atoms with E-state index in [2.05, 4.69) is 10.3 Å². The molecule has 1 aromatic carbocycles. The zero-order valence-electron chi connectivity index (χ0n) is 13.5. The molecule has 5 nitrogen and oxygen atoms in total. The van der Waals surface area contributed by atoms with E-state index >= 15 is 0 Å². The van der Waals surface area contributed by atoms with Crippen LogP contribution in [0.15, 0.2) is 35.1 Å². The van der Waals surface area contributed by atoms with Crippen molar-refractivity contribution < 1.29 is 4.74 Å². The molecule has 0 aliphatic heterocycles. The van der Waals surface area contributed by atoms with Crippen LogP contribution in [0.1, 0.15) is 29.1 Å². The quantitative estimate of drug-likeness (QED) is 0.791. The van der Waals surface area contributed by atoms with Gasteiger partial charge in [-0.15, -0.1) is 11.3 Å². The molecule has 0 unspecified atom stereocenters. The molecule has 124 valence electrons. The van der Waals surface area contributed by atoms with Crippen LogP contribution < -0.4 is 15.6 Å². The number of nitrogens with zero attached hydrogens (tertiary/aromatic N) is 2. The molecule has 0 fully saturated rings. The molecule has 3 aromatic rings. The van der Waals surface area contributed by atoms with Gasteiger partial charge < -0.3 is 10.1 Å². The highest BCUT2D eigenvalue weighted by Gasteiger charge is 2.18. The first kappa shape index (κ1) is 15.2. The third-order valence-electron chi connectivity index (χ3n) is 4.38. The van der Waals surface area contributed by atoms with E-state index in [1.165, 1.54) is 17.0 Å². The second kappa shape index (κ2) is 6.28. The summed E-state index contributed by atoms with van der Waals surface area (Å²) in [6.45, 7) is 0.528. The fourth-order valence-electron chi connectivity index (χ4n) is 3.13. The Labute approximate surface area is 143 Å². The summed E-state index contributed by atoms with van der Waals surface area (Å²) in [5.41, 5.74) is 2.96. The number of hydrogen-bond donors (Lipinski definition) is 1. The molecule has 0 radical (unpaired) electrons. The van der Waals surface area contributed by atoms with E-state index in [9.17, 15) is 4.79 Å². The van der Waals surface area contributed by atoms with Gasteiger partial charge in [0.2, 0.25) is 0 Å². The van der Waals surface area contributed by atoms with Crippen molar-refractivity contribution in [3.05, 3.63) is 57.0 Å². The maximum Gasteiger partial charge on any atom is 0.259 e. The molecule has 4 rings (SSSR count). The van der Waals surface area contributed by atoms with E-state index in [0.717, 1.165) is 41.4 Å². The van der Waals surface area contributed by atoms with Crippen LogP contribution in [0.3, 0.4) is 0 Å². The van der Waals surface area contributed by atoms with Gasteiger partial charge in [-0.2, -0.15) is 0 Å². The van der Waals surface area contributed by atoms with Crippen LogP contribution in [-0.2, 0) is 19.4 Å². The second-order valence-corrected chi connectivity index (χ2v) is 7.03. The Morgan fingerprint density at radius 1 is 1.25 bits per heavy atom. The average Bonchev–Trinajstić information content (AvgIpc) is 2.99. The molecular weight excluding hydrogens is 322 g/mol. The number of aromatic nitrogens is 2. The molecule has 1 aliphatic rings. The summed E-state index contributed by atoms with van der Waals surface area (Å²) in [6, 6.07) is 9.36. The number of aryl methyl sites for hydroxylation is 2. The number of rotatable bonds is 4. The highest BCUT2D eigenvalue weighted by atomic mass is 32.1. The molecule has 0 atom stereocenters. The van der Waals surface area contributed by atoms with Crippen LogP contribution in [-0.4, -0.2) is 16.5 Å². The largest absolute Gasteiger partial charge is 0.497 e. The number of anilines is 1. The highest BCUT2D eigenvalue weighted by Crippen LogP contribution is 2.28. The van der Waals surface area contributed by atoms with Crippen LogP contribution in [0.5, 0.6) is 5.75 Å². The molecule has 0 saturated carbocycles. The maximum atomic E-state index is 12.5. The van der Waals surface area contributed by atoms with E-state index in [1.54, 1.807) is 28.9 Å². The van der Waals surface area contributed by atoms with Gasteiger partial charge >= 0.3 is 0 Å². The third kappa shape index (κ3) is 2.78. The number of fused-ring (bicyclic) bond motifs is 3. The van der Waals surface area contributed by atoms with Gasteiger partial charge in [-0.3, -0.25) is 9.20 Å². The summed E-state index contributed by atoms with van der Waals surface area (Å²) in [5.74, 6) is 0.822. The van der Waals surface area contributed by atoms with Gasteiger partial charge in [-0.1, -0.05) is 0 Å². The predicted octanol–water partition coefficient (Wildman–Crippen LogP) is 3.26. The first-order valence-electron chi connectivity index (χ1n) is 8.16. The number of hydrogen-bond acceptors (Lipinski definition) is 5. The van der Waals surface area contributed by atoms with E-state index in [1.807, 2.05) is 24.3 Å². The summed E-state index contributed by atoms with van der Waals surface area (Å²) >= 11 is 1.66. The standard InChI is InChI=1S/C18H19N3O2S/c1-23-14-8-6-12(7-9-14)19-11-13-10-17(22)21-15-4-2-3-5-16(15)24-18(21)20-13/h6-10,19H,2-5,11H2,1H3. The van der Waals surface area contributed by atoms with Gasteiger partial charge in [-0.25, -0.2) is 4.98 Å². The van der Waals surface area contributed by atoms with Crippen molar-refractivity contribution in [3.8, 4) is 5.75 Å². The topological polar surface area (TPSA) is 55.6 Å². The zero-order chi connectivity index (χ0) is 16.5. The van der Waals surface area contributed by atoms with Crippen molar-refractivity contribution in [1.82, 2.24) is 9.38 Å². The van der Waals surface area contributed by atoms with Crippen LogP contribution in [0.25, 0.3) is 4.96 Å². The van der Waals surface area contributed by atoms with Crippen molar-refractivity contribution in [2.45, 2.75) is 32.2 Å². The van der Waals surface area contributed by atoms with Gasteiger partial charge in [0.25, 0.3) is 5.56 Å². The van der Waals surface area contributed by atoms with E-state index in [-0.39, 0.29) is 5.56 Å². The fourth-order valence-corrected chi connectivity index (χ4v) is 4.37. The van der Waals surface area contributed by atoms with Crippen molar-refractivity contribution in [2.75, 3.05) is 12.4 Å². The molecule has 1 N–H and O–H groups in total. The van der Waals surface area contributed by atoms with Crippen molar-refractivity contribution in [3.63, 3.8) is 0 Å². The van der Waals surface area contributed by atoms with Gasteiger partial charge in [0.15, 0.2) is 4.96 Å². The zero-order valence-corrected chi connectivity index (χ0v) is 14.4. The minimum Gasteiger partial charge on any atom is -0.497 e. The van der Waals surface area contributed by atoms with Gasteiger partial charge in [0.05, 0.1) is 19.3 Å². The normalized spacial score (nSPS) is 13.7. The minimum absolute atomic E-state index is 0.0333. The van der Waals surface area contributed by atoms with E-state index in [0.29, 0.717) is 6.54 Å². The molecule has 24 heavy (non-hydrogen) atoms. The van der Waals surface area contributed by atoms with Crippen LogP contribution >= 0.6 is 11.3 Å². The SMILES string of the molecule is COc1ccc(NCc2cc(=O)n3c4c(sc3n2)CCCC4)cc1. The van der Waals surface area contributed by atoms with Crippen LogP contribution in [0.4, 0.5) is 5.69 Å². The summed E-state index contributed by atoms with van der Waals surface area (Å²) in [6.07, 6.45) is 4.43. The lowest BCUT2D eigenvalue weighted by molar-refractivity contribution is 0.415. The summed E-state index contributed by atoms with van der Waals surface area (Å²) < 4.78 is 6.95. The van der Waals surface area contributed by atoms with Crippen LogP contribution in [0, 0.1) is 0 Å². The Balaban J connectivity index is 1.59. The fraction of sp³-hybridized carbons (Fsp3) is 0.333. The Hall–Kier alpha value is -2.34. The minimum atomic E-state index is 0.0333. The second-order valence-electron chi connectivity index (χ2n) is 5.96. The smallest absolute Gasteiger partial charge is 0.259 e. The molecule has 0 spiro atoms. The lowest BCUT2D eigenvalue weighted by atomic mass is 10.0. The maximum absolute atomic E-state index is 12.5. The average molecular weight is 341 g/mol. The predicted molar refractivity (Wildman–Crippen MR) is 96.3 cm³/mol. The van der Waals surface area contributed by atoms with Gasteiger partial charge in [0, 0.05) is 22.3 Å². The lowest BCUT2D eigenvalue weighted by Gasteiger charge is -2.10. The van der Waals surface area contributed by atoms with Gasteiger partial charge in [0.1, 0.15) is 5.75 Å². The Morgan fingerprint density at radius 3 is 2.83 bits per heavy atom. The number of benzene rings is 1. The molecule has 0 saturated heterocycles. The van der Waals surface area contributed by atoms with Crippen molar-refractivity contribution in [1.29, 1.82) is 0 Å². The first-order valence-corrected chi connectivity index (χ1v) is 8.97. The summed E-state index contributed by atoms with van der Waals surface area (Å²) in [4.78, 5) is 19.3. The number of ether oxygens (including phenoxy) is 1. The highest BCUT2D eigenvalue weighted by molar-refractivity contribution is 7.17. The molecule has 6 heteroatoms. The summed E-state index contributed by atoms with van der Waals surface area (Å²) in [7, 11) is 1.65. The monoisotopic (exact) mass is 341 g/mol.